The summed E-state index contributed by atoms with van der Waals surface area (Å²) < 4.78 is 16.0. The molecule has 7 heteroatoms. The molecule has 0 aromatic carbocycles. The van der Waals surface area contributed by atoms with Crippen molar-refractivity contribution in [2.45, 2.75) is 25.4 Å². The Morgan fingerprint density at radius 1 is 1.19 bits per heavy atom. The molecule has 1 heterocycles. The van der Waals surface area contributed by atoms with Crippen LogP contribution in [0, 0.1) is 17.8 Å². The number of rotatable bonds is 5. The van der Waals surface area contributed by atoms with Crippen molar-refractivity contribution in [2.24, 2.45) is 17.8 Å². The van der Waals surface area contributed by atoms with Gasteiger partial charge in [0.25, 0.3) is 0 Å². The van der Waals surface area contributed by atoms with E-state index in [2.05, 4.69) is 17.6 Å². The van der Waals surface area contributed by atoms with Crippen LogP contribution in [0.2, 0.25) is 0 Å². The maximum absolute atomic E-state index is 11.3. The van der Waals surface area contributed by atoms with E-state index in [1.165, 1.54) is 7.05 Å². The lowest BCUT2D eigenvalue weighted by Crippen LogP contribution is -2.38. The highest BCUT2D eigenvalue weighted by Crippen LogP contribution is 2.50. The van der Waals surface area contributed by atoms with Gasteiger partial charge in [0, 0.05) is 20.0 Å². The highest BCUT2D eigenvalue weighted by molar-refractivity contribution is 5.67. The molecule has 0 radical (unpaired) electrons. The molecule has 0 spiro atoms. The molecule has 2 N–H and O–H groups in total. The van der Waals surface area contributed by atoms with Gasteiger partial charge in [-0.15, -0.1) is 0 Å². The second kappa shape index (κ2) is 6.51. The molecule has 1 aliphatic carbocycles. The normalized spacial score (nSPS) is 34.1. The maximum Gasteiger partial charge on any atom is 0.406 e. The van der Waals surface area contributed by atoms with Crippen molar-refractivity contribution in [1.82, 2.24) is 10.6 Å². The molecule has 120 valence electrons. The van der Waals surface area contributed by atoms with Gasteiger partial charge in [-0.3, -0.25) is 0 Å². The number of hydrogen-bond acceptors (Lipinski definition) is 5. The zero-order chi connectivity index (χ0) is 15.5. The van der Waals surface area contributed by atoms with Crippen LogP contribution < -0.4 is 10.6 Å². The quantitative estimate of drug-likeness (QED) is 0.743. The molecular formula is C14H24N2O5. The van der Waals surface area contributed by atoms with Crippen molar-refractivity contribution in [3.63, 3.8) is 0 Å². The molecule has 2 amide bonds. The lowest BCUT2D eigenvalue weighted by molar-refractivity contribution is 0.0472. The minimum absolute atomic E-state index is 0.234. The number of epoxide rings is 1. The molecule has 4 atom stereocenters. The minimum atomic E-state index is -0.450. The van der Waals surface area contributed by atoms with Gasteiger partial charge in [-0.05, 0) is 24.7 Å². The topological polar surface area (TPSA) is 89.2 Å². The van der Waals surface area contributed by atoms with Crippen LogP contribution >= 0.6 is 0 Å². The van der Waals surface area contributed by atoms with E-state index >= 15 is 0 Å². The molecule has 4 unspecified atom stereocenters. The number of carbonyl (C=O) groups is 2. The third kappa shape index (κ3) is 3.58. The summed E-state index contributed by atoms with van der Waals surface area (Å²) in [5, 5.41) is 4.88. The predicted molar refractivity (Wildman–Crippen MR) is 74.9 cm³/mol. The summed E-state index contributed by atoms with van der Waals surface area (Å²) in [7, 11) is 3.07. The Kier molecular flexibility index (Phi) is 4.92. The zero-order valence-corrected chi connectivity index (χ0v) is 12.8. The fourth-order valence-corrected chi connectivity index (χ4v) is 3.20. The molecule has 21 heavy (non-hydrogen) atoms. The lowest BCUT2D eigenvalue weighted by Gasteiger charge is -2.27. The monoisotopic (exact) mass is 300 g/mol. The van der Waals surface area contributed by atoms with Crippen LogP contribution in [0.4, 0.5) is 9.59 Å². The lowest BCUT2D eigenvalue weighted by atomic mass is 9.82. The Labute approximate surface area is 124 Å². The van der Waals surface area contributed by atoms with E-state index in [0.717, 1.165) is 12.8 Å². The molecule has 2 fully saturated rings. The van der Waals surface area contributed by atoms with Crippen LogP contribution in [0.5, 0.6) is 0 Å². The molecule has 0 bridgehead atoms. The van der Waals surface area contributed by atoms with Crippen molar-refractivity contribution in [2.75, 3.05) is 33.9 Å². The number of hydrogen-bond donors (Lipinski definition) is 2. The van der Waals surface area contributed by atoms with Crippen molar-refractivity contribution in [1.29, 1.82) is 0 Å². The summed E-state index contributed by atoms with van der Waals surface area (Å²) in [5.74, 6) is 0.945. The molecule has 1 saturated carbocycles. The Balaban J connectivity index is 1.93. The first-order chi connectivity index (χ1) is 10.0. The first-order valence-corrected chi connectivity index (χ1v) is 7.35. The number of alkyl carbamates (subject to hydrolysis) is 2. The Bertz CT molecular complexity index is 397. The Hall–Kier alpha value is -1.50. The summed E-state index contributed by atoms with van der Waals surface area (Å²) in [4.78, 5) is 22.5. The fourth-order valence-electron chi connectivity index (χ4n) is 3.20. The fraction of sp³-hybridized carbons (Fsp3) is 0.857. The van der Waals surface area contributed by atoms with Gasteiger partial charge in [0.2, 0.25) is 0 Å². The first-order valence-electron chi connectivity index (χ1n) is 7.35. The van der Waals surface area contributed by atoms with Gasteiger partial charge in [0.1, 0.15) is 12.2 Å². The summed E-state index contributed by atoms with van der Waals surface area (Å²) in [6.07, 6.45) is 1.20. The van der Waals surface area contributed by atoms with Gasteiger partial charge in [-0.2, -0.15) is 0 Å². The van der Waals surface area contributed by atoms with Gasteiger partial charge >= 0.3 is 12.2 Å². The number of ether oxygens (including phenoxy) is 3. The number of nitrogens with one attached hydrogen (secondary N) is 2. The molecule has 1 aliphatic heterocycles. The van der Waals surface area contributed by atoms with E-state index in [1.807, 2.05) is 0 Å². The van der Waals surface area contributed by atoms with Crippen LogP contribution in [0.3, 0.4) is 0 Å². The third-order valence-corrected chi connectivity index (χ3v) is 4.63. The van der Waals surface area contributed by atoms with Crippen LogP contribution in [0.25, 0.3) is 0 Å². The average molecular weight is 300 g/mol. The third-order valence-electron chi connectivity index (χ3n) is 4.63. The minimum Gasteiger partial charge on any atom is -0.449 e. The molecule has 0 aromatic heterocycles. The van der Waals surface area contributed by atoms with Crippen LogP contribution in [0.1, 0.15) is 19.8 Å². The second-order valence-electron chi connectivity index (χ2n) is 5.85. The average Bonchev–Trinajstić information content (AvgIpc) is 3.19. The molecule has 1 saturated heterocycles. The van der Waals surface area contributed by atoms with Crippen LogP contribution in [-0.4, -0.2) is 51.7 Å². The highest BCUT2D eigenvalue weighted by Gasteiger charge is 2.57. The summed E-state index contributed by atoms with van der Waals surface area (Å²) in [6, 6.07) is 0. The van der Waals surface area contributed by atoms with E-state index in [1.54, 1.807) is 7.05 Å². The van der Waals surface area contributed by atoms with E-state index in [4.69, 9.17) is 14.2 Å². The van der Waals surface area contributed by atoms with Gasteiger partial charge in [-0.1, -0.05) is 6.92 Å². The Morgan fingerprint density at radius 2 is 1.81 bits per heavy atom. The van der Waals surface area contributed by atoms with Crippen molar-refractivity contribution in [3.05, 3.63) is 0 Å². The van der Waals surface area contributed by atoms with E-state index in [0.29, 0.717) is 19.1 Å². The van der Waals surface area contributed by atoms with Crippen molar-refractivity contribution < 1.29 is 23.8 Å². The number of carbonyl (C=O) groups excluding carboxylic acids is 2. The zero-order valence-electron chi connectivity index (χ0n) is 12.8. The second-order valence-corrected chi connectivity index (χ2v) is 5.85. The smallest absolute Gasteiger partial charge is 0.406 e. The van der Waals surface area contributed by atoms with Crippen molar-refractivity contribution >= 4 is 12.2 Å². The molecular weight excluding hydrogens is 276 g/mol. The molecule has 7 nitrogen and oxygen atoms in total. The van der Waals surface area contributed by atoms with E-state index < -0.39 is 17.8 Å². The summed E-state index contributed by atoms with van der Waals surface area (Å²) in [6.45, 7) is 3.38. The maximum atomic E-state index is 11.3. The van der Waals surface area contributed by atoms with E-state index in [-0.39, 0.29) is 18.4 Å². The first kappa shape index (κ1) is 15.9. The standard InChI is InChI=1S/C14H24N2O5/c1-9-4-5-11(10(9)6-19-12(17)15-2)14(8-21-14)7-20-13(18)16-3/h9-11H,4-8H2,1-3H3,(H,15,17)(H,16,18). The number of amides is 2. The Morgan fingerprint density at radius 3 is 2.38 bits per heavy atom. The summed E-state index contributed by atoms with van der Waals surface area (Å²) >= 11 is 0. The largest absolute Gasteiger partial charge is 0.449 e. The summed E-state index contributed by atoms with van der Waals surface area (Å²) in [5.41, 5.74) is -0.395. The highest BCUT2D eigenvalue weighted by atomic mass is 16.6. The molecule has 0 aromatic rings. The SMILES string of the molecule is CNC(=O)OCC1C(C)CCC1C1(COC(=O)NC)CO1. The molecule has 2 aliphatic rings. The molecule has 2 rings (SSSR count). The van der Waals surface area contributed by atoms with Gasteiger partial charge in [0.05, 0.1) is 13.2 Å². The van der Waals surface area contributed by atoms with E-state index in [9.17, 15) is 9.59 Å². The van der Waals surface area contributed by atoms with Gasteiger partial charge in [-0.25, -0.2) is 9.59 Å². The van der Waals surface area contributed by atoms with Crippen LogP contribution in [-0.2, 0) is 14.2 Å². The van der Waals surface area contributed by atoms with Gasteiger partial charge in [0.15, 0.2) is 0 Å². The van der Waals surface area contributed by atoms with Crippen molar-refractivity contribution in [3.8, 4) is 0 Å². The van der Waals surface area contributed by atoms with Gasteiger partial charge < -0.3 is 24.8 Å². The van der Waals surface area contributed by atoms with Crippen LogP contribution in [0.15, 0.2) is 0 Å². The predicted octanol–water partition coefficient (Wildman–Crippen LogP) is 1.13.